The Morgan fingerprint density at radius 1 is 0.722 bits per heavy atom. The number of azo groups is 2. The lowest BCUT2D eigenvalue weighted by Gasteiger charge is -2.01. The van der Waals surface area contributed by atoms with E-state index in [4.69, 9.17) is 6.57 Å². The van der Waals surface area contributed by atoms with Crippen LogP contribution in [0.25, 0.3) is 50.9 Å². The SMILES string of the molecule is [C-]#[N+]c1cnn(-c2ncccn2)c1/N=N/c1c(C)nn2c(-c3ccc(-c4n[nH]c5c(/N=N/c6c(C#N)cnn6-c6ccccn6)c(C)nn45)nn3)n[nH]c12. The third-order valence-electron chi connectivity index (χ3n) is 7.92. The normalized spacial score (nSPS) is 11.7. The topological polar surface area (TPSA) is 270 Å². The molecule has 0 spiro atoms. The molecule has 0 aliphatic carbocycles. The maximum Gasteiger partial charge on any atom is 0.252 e. The predicted molar refractivity (Wildman–Crippen MR) is 184 cm³/mol. The number of rotatable bonds is 8. The molecule has 0 aromatic carbocycles. The van der Waals surface area contributed by atoms with Crippen molar-refractivity contribution in [2.45, 2.75) is 13.8 Å². The van der Waals surface area contributed by atoms with Gasteiger partial charge in [-0.25, -0.2) is 19.8 Å². The number of aromatic amines is 2. The maximum absolute atomic E-state index is 9.65. The molecule has 0 fully saturated rings. The monoisotopic (exact) mass is 713 g/mol. The lowest BCUT2D eigenvalue weighted by atomic mass is 10.3. The summed E-state index contributed by atoms with van der Waals surface area (Å²) >= 11 is 0. The molecule has 0 saturated carbocycles. The van der Waals surface area contributed by atoms with Crippen molar-refractivity contribution in [1.82, 2.24) is 84.3 Å². The summed E-state index contributed by atoms with van der Waals surface area (Å²) in [5.74, 6) is 1.83. The third-order valence-corrected chi connectivity index (χ3v) is 7.92. The molecule has 0 aliphatic rings. The van der Waals surface area contributed by atoms with Crippen LogP contribution < -0.4 is 0 Å². The number of nitrogens with one attached hydrogen (secondary N) is 2. The van der Waals surface area contributed by atoms with Gasteiger partial charge in [-0.05, 0) is 44.2 Å². The molecular weight excluding hydrogens is 695 g/mol. The molecule has 0 amide bonds. The summed E-state index contributed by atoms with van der Waals surface area (Å²) in [5.41, 5.74) is 3.98. The van der Waals surface area contributed by atoms with E-state index in [1.54, 1.807) is 77.9 Å². The van der Waals surface area contributed by atoms with Crippen molar-refractivity contribution >= 4 is 40.0 Å². The van der Waals surface area contributed by atoms with Crippen LogP contribution in [0.2, 0.25) is 0 Å². The summed E-state index contributed by atoms with van der Waals surface area (Å²) in [6, 6.07) is 12.5. The van der Waals surface area contributed by atoms with Crippen molar-refractivity contribution < 1.29 is 0 Å². The minimum Gasteiger partial charge on any atom is -0.257 e. The number of H-pyrrole nitrogens is 2. The van der Waals surface area contributed by atoms with Gasteiger partial charge in [0.25, 0.3) is 11.6 Å². The Hall–Kier alpha value is -8.73. The Balaban J connectivity index is 1.00. The second kappa shape index (κ2) is 12.5. The Labute approximate surface area is 300 Å². The molecule has 0 bridgehead atoms. The van der Waals surface area contributed by atoms with E-state index < -0.39 is 0 Å². The van der Waals surface area contributed by atoms with Crippen LogP contribution in [-0.4, -0.2) is 84.3 Å². The van der Waals surface area contributed by atoms with Gasteiger partial charge in [0.2, 0.25) is 11.6 Å². The number of aryl methyl sites for hydroxylation is 2. The summed E-state index contributed by atoms with van der Waals surface area (Å²) < 4.78 is 5.85. The molecule has 54 heavy (non-hydrogen) atoms. The quantitative estimate of drug-likeness (QED) is 0.156. The summed E-state index contributed by atoms with van der Waals surface area (Å²) in [4.78, 5) is 16.2. The fourth-order valence-electron chi connectivity index (χ4n) is 5.40. The smallest absolute Gasteiger partial charge is 0.252 e. The molecule has 2 N–H and O–H groups in total. The predicted octanol–water partition coefficient (Wildman–Crippen LogP) is 4.98. The van der Waals surface area contributed by atoms with E-state index in [2.05, 4.69) is 97.3 Å². The highest BCUT2D eigenvalue weighted by molar-refractivity contribution is 5.72. The Morgan fingerprint density at radius 3 is 1.91 bits per heavy atom. The van der Waals surface area contributed by atoms with E-state index in [0.29, 0.717) is 62.9 Å². The second-order valence-electron chi connectivity index (χ2n) is 11.2. The minimum absolute atomic E-state index is 0.160. The first kappa shape index (κ1) is 31.3. The summed E-state index contributed by atoms with van der Waals surface area (Å²) in [7, 11) is 0. The molecule has 9 aromatic rings. The lowest BCUT2D eigenvalue weighted by molar-refractivity contribution is 0.803. The van der Waals surface area contributed by atoms with Gasteiger partial charge in [-0.1, -0.05) is 6.07 Å². The molecular formula is C31H19N23. The van der Waals surface area contributed by atoms with E-state index >= 15 is 0 Å². The summed E-state index contributed by atoms with van der Waals surface area (Å²) in [6.07, 6.45) is 7.51. The zero-order chi connectivity index (χ0) is 36.8. The van der Waals surface area contributed by atoms with Crippen LogP contribution in [0.1, 0.15) is 17.0 Å². The van der Waals surface area contributed by atoms with Crippen LogP contribution in [-0.2, 0) is 0 Å². The zero-order valence-corrected chi connectivity index (χ0v) is 27.7. The van der Waals surface area contributed by atoms with Crippen LogP contribution >= 0.6 is 0 Å². The van der Waals surface area contributed by atoms with Crippen LogP contribution in [0, 0.1) is 31.8 Å². The molecule has 0 unspecified atom stereocenters. The molecule has 0 radical (unpaired) electrons. The van der Waals surface area contributed by atoms with Crippen LogP contribution in [0.15, 0.2) is 87.8 Å². The molecule has 258 valence electrons. The van der Waals surface area contributed by atoms with Gasteiger partial charge in [0, 0.05) is 18.6 Å². The molecule has 0 aliphatic heterocycles. The van der Waals surface area contributed by atoms with E-state index in [9.17, 15) is 5.26 Å². The van der Waals surface area contributed by atoms with E-state index in [-0.39, 0.29) is 28.8 Å². The Kier molecular flexibility index (Phi) is 7.27. The molecule has 9 rings (SSSR count). The van der Waals surface area contributed by atoms with Gasteiger partial charge in [-0.3, -0.25) is 10.2 Å². The molecule has 9 aromatic heterocycles. The van der Waals surface area contributed by atoms with Crippen LogP contribution in [0.5, 0.6) is 0 Å². The number of pyridine rings is 1. The number of aromatic nitrogens is 17. The molecule has 23 heteroatoms. The average molecular weight is 714 g/mol. The van der Waals surface area contributed by atoms with E-state index in [1.165, 1.54) is 21.8 Å². The van der Waals surface area contributed by atoms with Crippen molar-refractivity contribution in [2.75, 3.05) is 0 Å². The number of nitriles is 1. The highest BCUT2D eigenvalue weighted by Crippen LogP contribution is 2.34. The zero-order valence-electron chi connectivity index (χ0n) is 27.7. The highest BCUT2D eigenvalue weighted by atomic mass is 15.4. The first-order chi connectivity index (χ1) is 26.5. The number of nitrogens with zero attached hydrogens (tertiary/aromatic N) is 21. The van der Waals surface area contributed by atoms with Crippen molar-refractivity contribution in [2.24, 2.45) is 20.5 Å². The Morgan fingerprint density at radius 2 is 1.33 bits per heavy atom. The molecule has 9 heterocycles. The third kappa shape index (κ3) is 5.09. The standard InChI is InChI=1S/C31H19N23/c1-16-23(41-43-25-18(13-32)14-37-51(25)22-7-4-5-10-34-22)29-47-45-26(52(29)49-16)19-8-9-20(40-39-19)27-46-48-30-24(17(2)50-53(27)30)42-44-28-21(33-3)15-38-54(28)31-35-11-6-12-36-31/h4-12,14-15,47-48H,1-2H3/b43-41+,44-42+. The summed E-state index contributed by atoms with van der Waals surface area (Å²) in [5, 5.41) is 68.2. The van der Waals surface area contributed by atoms with Crippen molar-refractivity contribution in [3.63, 3.8) is 0 Å². The van der Waals surface area contributed by atoms with Gasteiger partial charge in [0.15, 0.2) is 40.1 Å². The largest absolute Gasteiger partial charge is 0.257 e. The van der Waals surface area contributed by atoms with Gasteiger partial charge in [0.1, 0.15) is 23.0 Å². The molecule has 23 nitrogen and oxygen atoms in total. The fourth-order valence-corrected chi connectivity index (χ4v) is 5.40. The van der Waals surface area contributed by atoms with Crippen molar-refractivity contribution in [3.8, 4) is 40.9 Å². The van der Waals surface area contributed by atoms with Crippen LogP contribution in [0.4, 0.5) is 28.7 Å². The Bertz CT molecular complexity index is 2770. The number of hydrogen-bond acceptors (Lipinski definition) is 16. The maximum atomic E-state index is 9.65. The second-order valence-corrected chi connectivity index (χ2v) is 11.2. The minimum atomic E-state index is 0.160. The van der Waals surface area contributed by atoms with Crippen LogP contribution in [0.3, 0.4) is 0 Å². The van der Waals surface area contributed by atoms with Gasteiger partial charge < -0.3 is 0 Å². The molecule has 0 atom stereocenters. The van der Waals surface area contributed by atoms with Crippen molar-refractivity contribution in [1.29, 1.82) is 5.26 Å². The first-order valence-electron chi connectivity index (χ1n) is 15.7. The van der Waals surface area contributed by atoms with Gasteiger partial charge in [0.05, 0.1) is 30.4 Å². The highest BCUT2D eigenvalue weighted by Gasteiger charge is 2.22. The number of fused-ring (bicyclic) bond motifs is 2. The fraction of sp³-hybridized carbons (Fsp3) is 0.0645. The average Bonchev–Trinajstić information content (AvgIpc) is 4.06. The van der Waals surface area contributed by atoms with Gasteiger partial charge in [-0.15, -0.1) is 30.7 Å². The van der Waals surface area contributed by atoms with E-state index in [0.717, 1.165) is 0 Å². The first-order valence-corrected chi connectivity index (χ1v) is 15.7. The number of hydrogen-bond donors (Lipinski definition) is 2. The lowest BCUT2D eigenvalue weighted by Crippen LogP contribution is -2.00. The van der Waals surface area contributed by atoms with Gasteiger partial charge in [-0.2, -0.15) is 54.2 Å². The summed E-state index contributed by atoms with van der Waals surface area (Å²) in [6.45, 7) is 11.1. The van der Waals surface area contributed by atoms with Gasteiger partial charge >= 0.3 is 0 Å². The van der Waals surface area contributed by atoms with E-state index in [1.807, 2.05) is 0 Å². The molecule has 0 saturated heterocycles. The van der Waals surface area contributed by atoms with Crippen molar-refractivity contribution in [3.05, 3.63) is 95.8 Å².